The topological polar surface area (TPSA) is 12.0 Å². The SMILES string of the molecule is CC(Nc1c(F)cccc1Br)c1ccc(Cl)c(Cl)c1. The van der Waals surface area contributed by atoms with Gasteiger partial charge in [0.25, 0.3) is 0 Å². The molecule has 0 radical (unpaired) electrons. The predicted molar refractivity (Wildman–Crippen MR) is 82.6 cm³/mol. The van der Waals surface area contributed by atoms with E-state index in [4.69, 9.17) is 23.2 Å². The maximum Gasteiger partial charge on any atom is 0.147 e. The molecule has 0 saturated heterocycles. The number of rotatable bonds is 3. The largest absolute Gasteiger partial charge is 0.375 e. The Hall–Kier alpha value is -0.770. The van der Waals surface area contributed by atoms with Crippen LogP contribution in [0.25, 0.3) is 0 Å². The van der Waals surface area contributed by atoms with Gasteiger partial charge in [-0.2, -0.15) is 0 Å². The van der Waals surface area contributed by atoms with Gasteiger partial charge in [-0.3, -0.25) is 0 Å². The van der Waals surface area contributed by atoms with Crippen LogP contribution in [0.1, 0.15) is 18.5 Å². The normalized spacial score (nSPS) is 12.3. The molecule has 0 aromatic heterocycles. The Morgan fingerprint density at radius 1 is 1.16 bits per heavy atom. The van der Waals surface area contributed by atoms with Crippen molar-refractivity contribution < 1.29 is 4.39 Å². The molecule has 100 valence electrons. The highest BCUT2D eigenvalue weighted by Gasteiger charge is 2.12. The van der Waals surface area contributed by atoms with Crippen molar-refractivity contribution in [2.45, 2.75) is 13.0 Å². The van der Waals surface area contributed by atoms with Crippen LogP contribution in [0.5, 0.6) is 0 Å². The van der Waals surface area contributed by atoms with Crippen molar-refractivity contribution in [3.05, 3.63) is 62.3 Å². The average molecular weight is 363 g/mol. The minimum absolute atomic E-state index is 0.0945. The molecule has 2 rings (SSSR count). The number of benzene rings is 2. The second-order valence-corrected chi connectivity index (χ2v) is 5.80. The summed E-state index contributed by atoms with van der Waals surface area (Å²) in [7, 11) is 0. The van der Waals surface area contributed by atoms with Gasteiger partial charge >= 0.3 is 0 Å². The Morgan fingerprint density at radius 3 is 2.53 bits per heavy atom. The zero-order valence-corrected chi connectivity index (χ0v) is 13.2. The molecule has 19 heavy (non-hydrogen) atoms. The molecule has 5 heteroatoms. The van der Waals surface area contributed by atoms with Gasteiger partial charge in [0.15, 0.2) is 0 Å². The number of nitrogens with one attached hydrogen (secondary N) is 1. The molecule has 1 unspecified atom stereocenters. The fourth-order valence-corrected chi connectivity index (χ4v) is 2.48. The quantitative estimate of drug-likeness (QED) is 0.698. The van der Waals surface area contributed by atoms with Gasteiger partial charge in [0.1, 0.15) is 5.82 Å². The Labute approximate surface area is 129 Å². The Balaban J connectivity index is 2.25. The molecule has 0 saturated carbocycles. The van der Waals surface area contributed by atoms with Crippen LogP contribution in [-0.4, -0.2) is 0 Å². The van der Waals surface area contributed by atoms with Crippen LogP contribution in [0.4, 0.5) is 10.1 Å². The van der Waals surface area contributed by atoms with E-state index in [-0.39, 0.29) is 11.9 Å². The van der Waals surface area contributed by atoms with Crippen molar-refractivity contribution in [3.8, 4) is 0 Å². The van der Waals surface area contributed by atoms with Crippen molar-refractivity contribution in [1.82, 2.24) is 0 Å². The summed E-state index contributed by atoms with van der Waals surface area (Å²) in [5.41, 5.74) is 1.37. The van der Waals surface area contributed by atoms with Gasteiger partial charge in [0.2, 0.25) is 0 Å². The van der Waals surface area contributed by atoms with E-state index in [9.17, 15) is 4.39 Å². The van der Waals surface area contributed by atoms with Gasteiger partial charge in [-0.15, -0.1) is 0 Å². The van der Waals surface area contributed by atoms with Crippen LogP contribution >= 0.6 is 39.1 Å². The molecule has 0 spiro atoms. The molecule has 1 atom stereocenters. The molecule has 0 aliphatic carbocycles. The van der Waals surface area contributed by atoms with Crippen LogP contribution in [-0.2, 0) is 0 Å². The van der Waals surface area contributed by atoms with Crippen molar-refractivity contribution in [1.29, 1.82) is 0 Å². The van der Waals surface area contributed by atoms with Gasteiger partial charge in [-0.25, -0.2) is 4.39 Å². The molecule has 1 N–H and O–H groups in total. The summed E-state index contributed by atoms with van der Waals surface area (Å²) in [6, 6.07) is 10.1. The molecule has 0 aliphatic heterocycles. The third-order valence-electron chi connectivity index (χ3n) is 2.77. The third kappa shape index (κ3) is 3.41. The molecule has 0 amide bonds. The maximum atomic E-state index is 13.7. The minimum Gasteiger partial charge on any atom is -0.375 e. The van der Waals surface area contributed by atoms with E-state index in [0.717, 1.165) is 5.56 Å². The Bertz CT molecular complexity index is 584. The van der Waals surface area contributed by atoms with Crippen molar-refractivity contribution in [2.75, 3.05) is 5.32 Å². The van der Waals surface area contributed by atoms with E-state index in [0.29, 0.717) is 20.2 Å². The van der Waals surface area contributed by atoms with Crippen LogP contribution in [0.15, 0.2) is 40.9 Å². The number of hydrogen-bond acceptors (Lipinski definition) is 1. The smallest absolute Gasteiger partial charge is 0.147 e. The van der Waals surface area contributed by atoms with Crippen molar-refractivity contribution >= 4 is 44.8 Å². The lowest BCUT2D eigenvalue weighted by atomic mass is 10.1. The summed E-state index contributed by atoms with van der Waals surface area (Å²) in [6.07, 6.45) is 0. The fourth-order valence-electron chi connectivity index (χ4n) is 1.72. The van der Waals surface area contributed by atoms with E-state index >= 15 is 0 Å². The molecule has 1 nitrogen and oxygen atoms in total. The lowest BCUT2D eigenvalue weighted by Gasteiger charge is -2.18. The van der Waals surface area contributed by atoms with E-state index in [1.807, 2.05) is 13.0 Å². The van der Waals surface area contributed by atoms with Crippen LogP contribution in [0.2, 0.25) is 10.0 Å². The van der Waals surface area contributed by atoms with Crippen molar-refractivity contribution in [3.63, 3.8) is 0 Å². The van der Waals surface area contributed by atoms with Crippen LogP contribution in [0.3, 0.4) is 0 Å². The predicted octanol–water partition coefficient (Wildman–Crippen LogP) is 6.07. The third-order valence-corrected chi connectivity index (χ3v) is 4.17. The fraction of sp³-hybridized carbons (Fsp3) is 0.143. The summed E-state index contributed by atoms with van der Waals surface area (Å²) in [5.74, 6) is -0.304. The maximum absolute atomic E-state index is 13.7. The Morgan fingerprint density at radius 2 is 1.89 bits per heavy atom. The first-order chi connectivity index (χ1) is 8.99. The molecular formula is C14H11BrCl2FN. The lowest BCUT2D eigenvalue weighted by Crippen LogP contribution is -2.08. The zero-order valence-electron chi connectivity index (χ0n) is 10.1. The molecule has 0 heterocycles. The van der Waals surface area contributed by atoms with E-state index < -0.39 is 0 Å². The first kappa shape index (κ1) is 14.6. The number of para-hydroxylation sites is 1. The minimum atomic E-state index is -0.304. The molecule has 2 aromatic rings. The summed E-state index contributed by atoms with van der Waals surface area (Å²) in [6.45, 7) is 1.93. The highest BCUT2D eigenvalue weighted by Crippen LogP contribution is 2.31. The van der Waals surface area contributed by atoms with E-state index in [1.54, 1.807) is 24.3 Å². The highest BCUT2D eigenvalue weighted by molar-refractivity contribution is 9.10. The number of hydrogen-bond donors (Lipinski definition) is 1. The summed E-state index contributed by atoms with van der Waals surface area (Å²) < 4.78 is 14.4. The number of halogens is 4. The highest BCUT2D eigenvalue weighted by atomic mass is 79.9. The van der Waals surface area contributed by atoms with Crippen LogP contribution in [0, 0.1) is 5.82 Å². The van der Waals surface area contributed by atoms with Gasteiger partial charge in [-0.1, -0.05) is 35.3 Å². The summed E-state index contributed by atoms with van der Waals surface area (Å²) in [5, 5.41) is 4.11. The molecule has 0 fully saturated rings. The standard InChI is InChI=1S/C14H11BrCl2FN/c1-8(9-5-6-11(16)12(17)7-9)19-14-10(15)3-2-4-13(14)18/h2-8,19H,1H3. The van der Waals surface area contributed by atoms with Crippen molar-refractivity contribution in [2.24, 2.45) is 0 Å². The van der Waals surface area contributed by atoms with Gasteiger partial charge in [0.05, 0.1) is 15.7 Å². The monoisotopic (exact) mass is 361 g/mol. The molecular weight excluding hydrogens is 352 g/mol. The summed E-state index contributed by atoms with van der Waals surface area (Å²) in [4.78, 5) is 0. The van der Waals surface area contributed by atoms with Gasteiger partial charge in [0, 0.05) is 10.5 Å². The van der Waals surface area contributed by atoms with Gasteiger partial charge < -0.3 is 5.32 Å². The second kappa shape index (κ2) is 6.12. The molecule has 2 aromatic carbocycles. The zero-order chi connectivity index (χ0) is 14.0. The van der Waals surface area contributed by atoms with Crippen LogP contribution < -0.4 is 5.32 Å². The first-order valence-corrected chi connectivity index (χ1v) is 7.19. The Kier molecular flexibility index (Phi) is 4.71. The molecule has 0 bridgehead atoms. The van der Waals surface area contributed by atoms with Gasteiger partial charge in [-0.05, 0) is 52.7 Å². The second-order valence-electron chi connectivity index (χ2n) is 4.14. The van der Waals surface area contributed by atoms with E-state index in [1.165, 1.54) is 6.07 Å². The number of anilines is 1. The van der Waals surface area contributed by atoms with E-state index in [2.05, 4.69) is 21.2 Å². The lowest BCUT2D eigenvalue weighted by molar-refractivity contribution is 0.626. The summed E-state index contributed by atoms with van der Waals surface area (Å²) >= 11 is 15.2. The first-order valence-electron chi connectivity index (χ1n) is 5.64. The molecule has 0 aliphatic rings. The average Bonchev–Trinajstić information content (AvgIpc) is 2.37.